The molecule has 1 heterocycles. The Bertz CT molecular complexity index is 563. The van der Waals surface area contributed by atoms with Crippen molar-refractivity contribution in [1.29, 1.82) is 0 Å². The monoisotopic (exact) mass is 434 g/mol. The number of hydrogen-bond acceptors (Lipinski definition) is 3. The first kappa shape index (κ1) is 23.3. The van der Waals surface area contributed by atoms with E-state index in [-0.39, 0.29) is 51.3 Å². The van der Waals surface area contributed by atoms with Crippen LogP contribution in [0, 0.1) is 6.92 Å². The fourth-order valence-corrected chi connectivity index (χ4v) is 2.93. The molecule has 0 aromatic heterocycles. The van der Waals surface area contributed by atoms with Gasteiger partial charge in [-0.3, -0.25) is 15.0 Å². The van der Waals surface area contributed by atoms with Gasteiger partial charge in [0.25, 0.3) is 5.91 Å². The minimum absolute atomic E-state index is 0. The van der Waals surface area contributed by atoms with Gasteiger partial charge in [0.2, 0.25) is 0 Å². The van der Waals surface area contributed by atoms with Crippen molar-refractivity contribution in [3.8, 4) is 0 Å². The molecule has 0 spiro atoms. The molecule has 0 bridgehead atoms. The van der Waals surface area contributed by atoms with E-state index in [0.29, 0.717) is 6.61 Å². The van der Waals surface area contributed by atoms with E-state index in [1.54, 1.807) is 0 Å². The Hall–Kier alpha value is -0.776. The molecular formula is C20H29N2O3Y-. The molecular weight excluding hydrogens is 405 g/mol. The standard InChI is InChI=1S/C20H29N2O3.Y/c1-3-5-7-8-9-16-10-12-17(13-11-16)22-18(15-25-14-6-4-2)19(23)21-20(22)24;/h10-13,18H,2-9,14-15H2,1H3,(H,21,23,24);/q-1;. The molecule has 6 heteroatoms. The molecule has 1 fully saturated rings. The number of rotatable bonds is 11. The van der Waals surface area contributed by atoms with E-state index in [0.717, 1.165) is 24.9 Å². The summed E-state index contributed by atoms with van der Waals surface area (Å²) < 4.78 is 5.53. The van der Waals surface area contributed by atoms with E-state index >= 15 is 0 Å². The normalized spacial score (nSPS) is 16.5. The number of carbonyl (C=O) groups excluding carboxylic acids is 2. The molecule has 1 radical (unpaired) electrons. The van der Waals surface area contributed by atoms with E-state index in [1.165, 1.54) is 36.1 Å². The average molecular weight is 434 g/mol. The maximum absolute atomic E-state index is 12.1. The third kappa shape index (κ3) is 6.75. The third-order valence-electron chi connectivity index (χ3n) is 4.41. The van der Waals surface area contributed by atoms with Crippen molar-refractivity contribution >= 4 is 17.6 Å². The molecule has 1 aromatic carbocycles. The first-order valence-corrected chi connectivity index (χ1v) is 9.27. The van der Waals surface area contributed by atoms with Gasteiger partial charge in [-0.25, -0.2) is 4.79 Å². The molecule has 0 aliphatic carbocycles. The van der Waals surface area contributed by atoms with E-state index in [1.807, 2.05) is 24.3 Å². The summed E-state index contributed by atoms with van der Waals surface area (Å²) in [5.74, 6) is -0.303. The number of benzene rings is 1. The van der Waals surface area contributed by atoms with E-state index in [9.17, 15) is 9.59 Å². The SMILES string of the molecule is [CH2-]CCCOCC1C(=O)NC(=O)N1c1ccc(CCCCCC)cc1.[Y]. The van der Waals surface area contributed by atoms with Gasteiger partial charge in [-0.1, -0.05) is 44.7 Å². The van der Waals surface area contributed by atoms with Gasteiger partial charge < -0.3 is 11.7 Å². The maximum Gasteiger partial charge on any atom is 0.329 e. The molecule has 141 valence electrons. The Balaban J connectivity index is 0.00000338. The van der Waals surface area contributed by atoms with Crippen LogP contribution in [-0.2, 0) is 48.7 Å². The molecule has 3 amide bonds. The van der Waals surface area contributed by atoms with Crippen LogP contribution in [0.3, 0.4) is 0 Å². The molecule has 1 N–H and O–H groups in total. The molecule has 5 nitrogen and oxygen atoms in total. The van der Waals surface area contributed by atoms with Crippen molar-refractivity contribution in [2.75, 3.05) is 18.1 Å². The Morgan fingerprint density at radius 3 is 2.50 bits per heavy atom. The van der Waals surface area contributed by atoms with Gasteiger partial charge in [0, 0.05) is 45.0 Å². The topological polar surface area (TPSA) is 58.6 Å². The number of urea groups is 1. The van der Waals surface area contributed by atoms with Gasteiger partial charge in [0.15, 0.2) is 0 Å². The molecule has 26 heavy (non-hydrogen) atoms. The second kappa shape index (κ2) is 12.6. The predicted octanol–water partition coefficient (Wildman–Crippen LogP) is 3.86. The summed E-state index contributed by atoms with van der Waals surface area (Å²) >= 11 is 0. The summed E-state index contributed by atoms with van der Waals surface area (Å²) in [7, 11) is 0. The largest absolute Gasteiger partial charge is 0.379 e. The molecule has 1 unspecified atom stereocenters. The molecule has 1 aliphatic heterocycles. The zero-order valence-electron chi connectivity index (χ0n) is 15.7. The number of unbranched alkanes of at least 4 members (excludes halogenated alkanes) is 4. The van der Waals surface area contributed by atoms with Crippen LogP contribution >= 0.6 is 0 Å². The number of imide groups is 1. The Morgan fingerprint density at radius 2 is 1.85 bits per heavy atom. The molecule has 1 aliphatic rings. The number of nitrogens with zero attached hydrogens (tertiary/aromatic N) is 1. The van der Waals surface area contributed by atoms with E-state index < -0.39 is 6.04 Å². The van der Waals surface area contributed by atoms with Crippen LogP contribution in [0.2, 0.25) is 0 Å². The Kier molecular flexibility index (Phi) is 11.3. The average Bonchev–Trinajstić information content (AvgIpc) is 2.90. The summed E-state index contributed by atoms with van der Waals surface area (Å²) in [5, 5.41) is 2.37. The van der Waals surface area contributed by atoms with Crippen molar-refractivity contribution in [2.24, 2.45) is 0 Å². The van der Waals surface area contributed by atoms with Crippen LogP contribution in [0.4, 0.5) is 10.5 Å². The van der Waals surface area contributed by atoms with E-state index in [4.69, 9.17) is 4.74 Å². The zero-order valence-corrected chi connectivity index (χ0v) is 18.5. The predicted molar refractivity (Wildman–Crippen MR) is 99.5 cm³/mol. The Labute approximate surface area is 182 Å². The zero-order chi connectivity index (χ0) is 18.1. The van der Waals surface area contributed by atoms with Crippen LogP contribution in [0.15, 0.2) is 24.3 Å². The minimum atomic E-state index is -0.604. The van der Waals surface area contributed by atoms with Crippen molar-refractivity contribution in [2.45, 2.75) is 57.9 Å². The molecule has 2 rings (SSSR count). The summed E-state index contributed by atoms with van der Waals surface area (Å²) in [6, 6.07) is 6.92. The summed E-state index contributed by atoms with van der Waals surface area (Å²) in [4.78, 5) is 25.7. The number of carbonyl (C=O) groups is 2. The number of anilines is 1. The van der Waals surface area contributed by atoms with E-state index in [2.05, 4.69) is 19.2 Å². The van der Waals surface area contributed by atoms with Crippen molar-refractivity contribution < 1.29 is 47.0 Å². The number of ether oxygens (including phenoxy) is 1. The van der Waals surface area contributed by atoms with Crippen molar-refractivity contribution in [3.63, 3.8) is 0 Å². The molecule has 1 saturated heterocycles. The van der Waals surface area contributed by atoms with Crippen LogP contribution in [0.1, 0.15) is 51.0 Å². The van der Waals surface area contributed by atoms with Crippen molar-refractivity contribution in [3.05, 3.63) is 36.8 Å². The van der Waals surface area contributed by atoms with Gasteiger partial charge >= 0.3 is 6.03 Å². The number of hydrogen-bond donors (Lipinski definition) is 1. The maximum atomic E-state index is 12.1. The van der Waals surface area contributed by atoms with Gasteiger partial charge in [-0.2, -0.15) is 6.42 Å². The second-order valence-corrected chi connectivity index (χ2v) is 6.44. The second-order valence-electron chi connectivity index (χ2n) is 6.44. The Morgan fingerprint density at radius 1 is 1.12 bits per heavy atom. The fraction of sp³-hybridized carbons (Fsp3) is 0.550. The van der Waals surface area contributed by atoms with Gasteiger partial charge in [0.05, 0.1) is 6.61 Å². The number of amides is 3. The number of nitrogens with one attached hydrogen (secondary N) is 1. The summed E-state index contributed by atoms with van der Waals surface area (Å²) in [5.41, 5.74) is 1.99. The van der Waals surface area contributed by atoms with Crippen molar-refractivity contribution in [1.82, 2.24) is 5.32 Å². The van der Waals surface area contributed by atoms with Crippen LogP contribution in [0.25, 0.3) is 0 Å². The van der Waals surface area contributed by atoms with Gasteiger partial charge in [-0.05, 0) is 30.5 Å². The van der Waals surface area contributed by atoms with Gasteiger partial charge in [0.1, 0.15) is 6.04 Å². The summed E-state index contributed by atoms with van der Waals surface area (Å²) in [6.07, 6.45) is 7.60. The van der Waals surface area contributed by atoms with Gasteiger partial charge in [-0.15, -0.1) is 0 Å². The fourth-order valence-electron chi connectivity index (χ4n) is 2.93. The molecule has 0 saturated carbocycles. The smallest absolute Gasteiger partial charge is 0.329 e. The molecule has 1 atom stereocenters. The van der Waals surface area contributed by atoms with Crippen LogP contribution in [0.5, 0.6) is 0 Å². The first-order valence-electron chi connectivity index (χ1n) is 9.27. The summed E-state index contributed by atoms with van der Waals surface area (Å²) in [6.45, 7) is 6.72. The first-order chi connectivity index (χ1) is 12.2. The molecule has 1 aromatic rings. The number of aryl methyl sites for hydroxylation is 1. The van der Waals surface area contributed by atoms with Crippen LogP contribution in [-0.4, -0.2) is 31.2 Å². The minimum Gasteiger partial charge on any atom is -0.379 e. The van der Waals surface area contributed by atoms with Crippen LogP contribution < -0.4 is 10.2 Å². The third-order valence-corrected chi connectivity index (χ3v) is 4.41. The quantitative estimate of drug-likeness (QED) is 0.327.